The van der Waals surface area contributed by atoms with E-state index in [1.807, 2.05) is 0 Å². The molecule has 1 aliphatic carbocycles. The van der Waals surface area contributed by atoms with Gasteiger partial charge in [-0.25, -0.2) is 0 Å². The molecule has 102 valence electrons. The van der Waals surface area contributed by atoms with Gasteiger partial charge in [0.2, 0.25) is 11.8 Å². The molecule has 0 bridgehead atoms. The van der Waals surface area contributed by atoms with Crippen LogP contribution in [0.1, 0.15) is 25.7 Å². The summed E-state index contributed by atoms with van der Waals surface area (Å²) >= 11 is 0. The molecule has 6 nitrogen and oxygen atoms in total. The topological polar surface area (TPSA) is 98.5 Å². The second kappa shape index (κ2) is 7.10. The zero-order valence-corrected chi connectivity index (χ0v) is 10.6. The van der Waals surface area contributed by atoms with E-state index >= 15 is 0 Å². The summed E-state index contributed by atoms with van der Waals surface area (Å²) in [6, 6.07) is 0. The molecular weight excluding hydrogens is 236 g/mol. The van der Waals surface area contributed by atoms with Crippen LogP contribution in [0.4, 0.5) is 0 Å². The van der Waals surface area contributed by atoms with E-state index in [1.54, 1.807) is 0 Å². The van der Waals surface area contributed by atoms with Crippen LogP contribution in [0.2, 0.25) is 0 Å². The van der Waals surface area contributed by atoms with Gasteiger partial charge in [0.15, 0.2) is 5.78 Å². The Bertz CT molecular complexity index is 330. The number of primary amides is 1. The lowest BCUT2D eigenvalue weighted by atomic mass is 9.78. The normalized spacial score (nSPS) is 23.4. The Labute approximate surface area is 106 Å². The van der Waals surface area contributed by atoms with E-state index in [-0.39, 0.29) is 24.8 Å². The number of methoxy groups -OCH3 is 1. The van der Waals surface area contributed by atoms with Crippen molar-refractivity contribution in [2.45, 2.75) is 25.7 Å². The summed E-state index contributed by atoms with van der Waals surface area (Å²) < 4.78 is 4.67. The van der Waals surface area contributed by atoms with Crippen LogP contribution < -0.4 is 11.1 Å². The number of ketones is 1. The molecule has 1 fully saturated rings. The molecule has 0 saturated heterocycles. The van der Waals surface area contributed by atoms with Gasteiger partial charge in [-0.3, -0.25) is 14.4 Å². The first-order chi connectivity index (χ1) is 8.56. The number of carbonyl (C=O) groups excluding carboxylic acids is 3. The van der Waals surface area contributed by atoms with Crippen molar-refractivity contribution in [3.8, 4) is 0 Å². The molecule has 2 amide bonds. The van der Waals surface area contributed by atoms with Crippen LogP contribution in [0.25, 0.3) is 0 Å². The molecular formula is C12H20N2O4. The van der Waals surface area contributed by atoms with Gasteiger partial charge in [0.05, 0.1) is 6.54 Å². The molecule has 1 rings (SSSR count). The summed E-state index contributed by atoms with van der Waals surface area (Å²) in [5.74, 6) is -1.69. The van der Waals surface area contributed by atoms with E-state index in [0.717, 1.165) is 12.8 Å². The third kappa shape index (κ3) is 4.10. The summed E-state index contributed by atoms with van der Waals surface area (Å²) in [5.41, 5.74) is 5.29. The minimum atomic E-state index is -0.432. The van der Waals surface area contributed by atoms with Crippen molar-refractivity contribution < 1.29 is 19.1 Å². The SMILES string of the molecule is COCC(=O)CNC(=O)[C@@H]1CCCC[C@@H]1C(N)=O. The molecule has 2 atom stereocenters. The standard InChI is InChI=1S/C12H20N2O4/c1-18-7-8(15)6-14-12(17)10-5-3-2-4-9(10)11(13)16/h9-10H,2-7H2,1H3,(H2,13,16)(H,14,17)/t9-,10+/m0/s1. The minimum Gasteiger partial charge on any atom is -0.377 e. The number of Topliss-reactive ketones (excluding diaryl/α,β-unsaturated/α-hetero) is 1. The first kappa shape index (κ1) is 14.6. The minimum absolute atomic E-state index is 0.0236. The lowest BCUT2D eigenvalue weighted by Gasteiger charge is -2.28. The fourth-order valence-electron chi connectivity index (χ4n) is 2.31. The number of nitrogens with two attached hydrogens (primary N) is 1. The maximum absolute atomic E-state index is 11.9. The molecule has 0 aromatic carbocycles. The Morgan fingerprint density at radius 2 is 1.83 bits per heavy atom. The molecule has 1 aliphatic rings. The average Bonchev–Trinajstić information content (AvgIpc) is 2.36. The van der Waals surface area contributed by atoms with Gasteiger partial charge < -0.3 is 15.8 Å². The number of amides is 2. The molecule has 0 unspecified atom stereocenters. The maximum atomic E-state index is 11.9. The number of hydrogen-bond acceptors (Lipinski definition) is 4. The van der Waals surface area contributed by atoms with E-state index in [4.69, 9.17) is 5.73 Å². The third-order valence-electron chi connectivity index (χ3n) is 3.23. The van der Waals surface area contributed by atoms with Gasteiger partial charge in [0.1, 0.15) is 6.61 Å². The molecule has 0 aromatic heterocycles. The highest BCUT2D eigenvalue weighted by atomic mass is 16.5. The Morgan fingerprint density at radius 1 is 1.22 bits per heavy atom. The van der Waals surface area contributed by atoms with E-state index in [1.165, 1.54) is 7.11 Å². The predicted molar refractivity (Wildman–Crippen MR) is 64.5 cm³/mol. The van der Waals surface area contributed by atoms with Crippen LogP contribution in [-0.4, -0.2) is 37.9 Å². The Morgan fingerprint density at radius 3 is 2.39 bits per heavy atom. The first-order valence-corrected chi connectivity index (χ1v) is 6.14. The lowest BCUT2D eigenvalue weighted by Crippen LogP contribution is -2.43. The number of carbonyl (C=O) groups is 3. The molecule has 3 N–H and O–H groups in total. The van der Waals surface area contributed by atoms with E-state index in [2.05, 4.69) is 10.1 Å². The summed E-state index contributed by atoms with van der Waals surface area (Å²) in [6.45, 7) is -0.0845. The molecule has 0 radical (unpaired) electrons. The third-order valence-corrected chi connectivity index (χ3v) is 3.23. The fourth-order valence-corrected chi connectivity index (χ4v) is 2.31. The highest BCUT2D eigenvalue weighted by Crippen LogP contribution is 2.29. The summed E-state index contributed by atoms with van der Waals surface area (Å²) in [7, 11) is 1.42. The molecule has 18 heavy (non-hydrogen) atoms. The number of rotatable bonds is 6. The molecule has 0 heterocycles. The number of nitrogens with one attached hydrogen (secondary N) is 1. The molecule has 0 aromatic rings. The van der Waals surface area contributed by atoms with Crippen molar-refractivity contribution in [2.24, 2.45) is 17.6 Å². The van der Waals surface area contributed by atoms with Crippen molar-refractivity contribution >= 4 is 17.6 Å². The predicted octanol–water partition coefficient (Wildman–Crippen LogP) is -0.390. The van der Waals surface area contributed by atoms with Crippen molar-refractivity contribution in [1.29, 1.82) is 0 Å². The van der Waals surface area contributed by atoms with E-state index in [9.17, 15) is 14.4 Å². The van der Waals surface area contributed by atoms with Crippen LogP contribution in [0.3, 0.4) is 0 Å². The highest BCUT2D eigenvalue weighted by molar-refractivity contribution is 5.90. The van der Waals surface area contributed by atoms with Crippen molar-refractivity contribution in [1.82, 2.24) is 5.32 Å². The number of hydrogen-bond donors (Lipinski definition) is 2. The van der Waals surface area contributed by atoms with Crippen molar-refractivity contribution in [3.05, 3.63) is 0 Å². The van der Waals surface area contributed by atoms with Crippen molar-refractivity contribution in [3.63, 3.8) is 0 Å². The molecule has 1 saturated carbocycles. The second-order valence-electron chi connectivity index (χ2n) is 4.59. The summed E-state index contributed by atoms with van der Waals surface area (Å²) in [6.07, 6.45) is 3.13. The van der Waals surface area contributed by atoms with Gasteiger partial charge in [0, 0.05) is 18.9 Å². The fraction of sp³-hybridized carbons (Fsp3) is 0.750. The van der Waals surface area contributed by atoms with Gasteiger partial charge in [-0.1, -0.05) is 12.8 Å². The van der Waals surface area contributed by atoms with E-state index < -0.39 is 17.7 Å². The molecule has 0 spiro atoms. The quantitative estimate of drug-likeness (QED) is 0.676. The van der Waals surface area contributed by atoms with E-state index in [0.29, 0.717) is 12.8 Å². The van der Waals surface area contributed by atoms with Crippen molar-refractivity contribution in [2.75, 3.05) is 20.3 Å². The molecule has 0 aliphatic heterocycles. The van der Waals surface area contributed by atoms with Gasteiger partial charge >= 0.3 is 0 Å². The van der Waals surface area contributed by atoms with Crippen LogP contribution in [0.15, 0.2) is 0 Å². The summed E-state index contributed by atoms with van der Waals surface area (Å²) in [4.78, 5) is 34.4. The van der Waals surface area contributed by atoms with Gasteiger partial charge in [-0.2, -0.15) is 0 Å². The zero-order valence-electron chi connectivity index (χ0n) is 10.6. The monoisotopic (exact) mass is 256 g/mol. The van der Waals surface area contributed by atoms with Gasteiger partial charge in [0.25, 0.3) is 0 Å². The Hall–Kier alpha value is -1.43. The van der Waals surface area contributed by atoms with Crippen LogP contribution >= 0.6 is 0 Å². The smallest absolute Gasteiger partial charge is 0.224 e. The van der Waals surface area contributed by atoms with Gasteiger partial charge in [-0.15, -0.1) is 0 Å². The zero-order chi connectivity index (χ0) is 13.5. The van der Waals surface area contributed by atoms with Crippen LogP contribution in [0.5, 0.6) is 0 Å². The van der Waals surface area contributed by atoms with Crippen LogP contribution in [0, 0.1) is 11.8 Å². The van der Waals surface area contributed by atoms with Crippen LogP contribution in [-0.2, 0) is 19.1 Å². The lowest BCUT2D eigenvalue weighted by molar-refractivity contribution is -0.135. The Balaban J connectivity index is 2.48. The largest absolute Gasteiger partial charge is 0.377 e. The second-order valence-corrected chi connectivity index (χ2v) is 4.59. The first-order valence-electron chi connectivity index (χ1n) is 6.14. The number of ether oxygens (including phenoxy) is 1. The molecule has 6 heteroatoms. The average molecular weight is 256 g/mol. The highest BCUT2D eigenvalue weighted by Gasteiger charge is 2.34. The van der Waals surface area contributed by atoms with Gasteiger partial charge in [-0.05, 0) is 12.8 Å². The summed E-state index contributed by atoms with van der Waals surface area (Å²) in [5, 5.41) is 2.55. The Kier molecular flexibility index (Phi) is 5.77. The maximum Gasteiger partial charge on any atom is 0.224 e.